The summed E-state index contributed by atoms with van der Waals surface area (Å²) in [4.78, 5) is 22.2. The quantitative estimate of drug-likeness (QED) is 0.604. The molecule has 2 aromatic heterocycles. The molecule has 1 amide bonds. The van der Waals surface area contributed by atoms with Crippen molar-refractivity contribution in [2.24, 2.45) is 0 Å². The maximum absolute atomic E-state index is 13.7. The van der Waals surface area contributed by atoms with Gasteiger partial charge in [0.25, 0.3) is 0 Å². The number of pyridine rings is 1. The van der Waals surface area contributed by atoms with E-state index in [2.05, 4.69) is 25.4 Å². The molecule has 8 heteroatoms. The Morgan fingerprint density at radius 3 is 2.27 bits per heavy atom. The smallest absolute Gasteiger partial charge is 0.233 e. The van der Waals surface area contributed by atoms with Crippen LogP contribution in [0.3, 0.4) is 0 Å². The lowest BCUT2D eigenvalue weighted by atomic mass is 9.77. The number of amides is 1. The maximum atomic E-state index is 13.7. The van der Waals surface area contributed by atoms with Gasteiger partial charge >= 0.3 is 0 Å². The number of rotatable bonds is 5. The van der Waals surface area contributed by atoms with E-state index in [0.717, 1.165) is 56.0 Å². The van der Waals surface area contributed by atoms with Gasteiger partial charge in [-0.25, -0.2) is 4.98 Å². The van der Waals surface area contributed by atoms with Crippen molar-refractivity contribution in [1.82, 2.24) is 20.1 Å². The van der Waals surface area contributed by atoms with Crippen LogP contribution in [0.5, 0.6) is 0 Å². The highest BCUT2D eigenvalue weighted by Gasteiger charge is 2.45. The number of nitrogens with one attached hydrogen (secondary N) is 1. The molecule has 7 nitrogen and oxygen atoms in total. The maximum Gasteiger partial charge on any atom is 0.233 e. The van der Waals surface area contributed by atoms with Gasteiger partial charge in [-0.3, -0.25) is 4.79 Å². The van der Waals surface area contributed by atoms with Crippen LogP contribution >= 0.6 is 11.6 Å². The molecule has 5 rings (SSSR count). The van der Waals surface area contributed by atoms with Crippen molar-refractivity contribution in [3.05, 3.63) is 71.4 Å². The summed E-state index contributed by atoms with van der Waals surface area (Å²) in [6, 6.07) is 17.4. The van der Waals surface area contributed by atoms with Crippen LogP contribution in [0.2, 0.25) is 5.02 Å². The summed E-state index contributed by atoms with van der Waals surface area (Å²) in [5, 5.41) is 12.5. The van der Waals surface area contributed by atoms with Gasteiger partial charge < -0.3 is 15.1 Å². The van der Waals surface area contributed by atoms with Gasteiger partial charge in [-0.1, -0.05) is 42.6 Å². The minimum atomic E-state index is -0.411. The molecule has 170 valence electrons. The fourth-order valence-corrected chi connectivity index (χ4v) is 5.07. The van der Waals surface area contributed by atoms with Crippen molar-refractivity contribution in [1.29, 1.82) is 0 Å². The Balaban J connectivity index is 1.23. The first-order valence-electron chi connectivity index (χ1n) is 11.5. The minimum absolute atomic E-state index is 0.253. The van der Waals surface area contributed by atoms with E-state index in [1.54, 1.807) is 6.20 Å². The summed E-state index contributed by atoms with van der Waals surface area (Å²) in [5.74, 6) is 2.45. The number of benzene rings is 1. The second-order valence-corrected chi connectivity index (χ2v) is 9.13. The van der Waals surface area contributed by atoms with Crippen molar-refractivity contribution in [3.63, 3.8) is 0 Å². The van der Waals surface area contributed by atoms with Crippen LogP contribution in [0.4, 0.5) is 17.5 Å². The van der Waals surface area contributed by atoms with Crippen molar-refractivity contribution < 1.29 is 4.79 Å². The number of anilines is 3. The van der Waals surface area contributed by atoms with E-state index in [9.17, 15) is 4.79 Å². The fraction of sp³-hybridized carbons (Fsp3) is 0.360. The van der Waals surface area contributed by atoms with Crippen LogP contribution in [-0.4, -0.2) is 52.2 Å². The number of nitrogens with zero attached hydrogens (tertiary/aromatic N) is 5. The van der Waals surface area contributed by atoms with E-state index in [1.807, 2.05) is 59.5 Å². The molecule has 0 unspecified atom stereocenters. The Morgan fingerprint density at radius 1 is 0.879 bits per heavy atom. The van der Waals surface area contributed by atoms with Gasteiger partial charge in [0.2, 0.25) is 5.91 Å². The van der Waals surface area contributed by atoms with Gasteiger partial charge in [-0.05, 0) is 54.8 Å². The Labute approximate surface area is 198 Å². The summed E-state index contributed by atoms with van der Waals surface area (Å²) in [5.41, 5.74) is 0.685. The van der Waals surface area contributed by atoms with Crippen LogP contribution < -0.4 is 10.2 Å². The first-order chi connectivity index (χ1) is 16.1. The molecule has 0 radical (unpaired) electrons. The summed E-state index contributed by atoms with van der Waals surface area (Å²) < 4.78 is 0. The lowest BCUT2D eigenvalue weighted by Gasteiger charge is -2.40. The first-order valence-corrected chi connectivity index (χ1v) is 11.8. The van der Waals surface area contributed by atoms with Crippen molar-refractivity contribution in [3.8, 4) is 0 Å². The largest absolute Gasteiger partial charge is 0.352 e. The standard InChI is InChI=1S/C25H27ClN6O/c26-20-8-6-19(7-9-20)25(12-2-3-13-25)24(33)32-17-15-31(16-18-32)23-11-10-22(29-30-23)28-21-5-1-4-14-27-21/h1,4-11,14H,2-3,12-13,15-18H2,(H,27,28,29). The fourth-order valence-electron chi connectivity index (χ4n) is 4.94. The van der Waals surface area contributed by atoms with Gasteiger partial charge in [0.05, 0.1) is 5.41 Å². The van der Waals surface area contributed by atoms with Crippen LogP contribution in [0.15, 0.2) is 60.8 Å². The molecule has 0 atom stereocenters. The molecule has 1 saturated heterocycles. The summed E-state index contributed by atoms with van der Waals surface area (Å²) in [6.45, 7) is 2.85. The Kier molecular flexibility index (Phi) is 6.13. The van der Waals surface area contributed by atoms with Gasteiger partial charge in [-0.15, -0.1) is 10.2 Å². The third-order valence-electron chi connectivity index (χ3n) is 6.73. The van der Waals surface area contributed by atoms with Crippen LogP contribution in [0, 0.1) is 0 Å². The molecule has 1 saturated carbocycles. The number of halogens is 1. The number of hydrogen-bond acceptors (Lipinski definition) is 6. The lowest BCUT2D eigenvalue weighted by molar-refractivity contribution is -0.137. The monoisotopic (exact) mass is 462 g/mol. The molecule has 1 aliphatic heterocycles. The van der Waals surface area contributed by atoms with Gasteiger partial charge in [0, 0.05) is 37.4 Å². The van der Waals surface area contributed by atoms with Crippen molar-refractivity contribution in [2.45, 2.75) is 31.1 Å². The van der Waals surface area contributed by atoms with Crippen molar-refractivity contribution >= 4 is 35.0 Å². The molecular formula is C25H27ClN6O. The number of aromatic nitrogens is 3. The molecule has 1 aliphatic carbocycles. The second kappa shape index (κ2) is 9.35. The molecule has 1 N–H and O–H groups in total. The van der Waals surface area contributed by atoms with Gasteiger partial charge in [-0.2, -0.15) is 0 Å². The highest BCUT2D eigenvalue weighted by atomic mass is 35.5. The molecular weight excluding hydrogens is 436 g/mol. The predicted octanol–water partition coefficient (Wildman–Crippen LogP) is 4.43. The zero-order valence-electron chi connectivity index (χ0n) is 18.5. The van der Waals surface area contributed by atoms with E-state index in [1.165, 1.54) is 0 Å². The van der Waals surface area contributed by atoms with Crippen LogP contribution in [-0.2, 0) is 10.2 Å². The summed E-state index contributed by atoms with van der Waals surface area (Å²) in [6.07, 6.45) is 5.72. The van der Waals surface area contributed by atoms with E-state index in [4.69, 9.17) is 11.6 Å². The topological polar surface area (TPSA) is 74.2 Å². The third kappa shape index (κ3) is 4.50. The van der Waals surface area contributed by atoms with Crippen LogP contribution in [0.1, 0.15) is 31.2 Å². The van der Waals surface area contributed by atoms with Gasteiger partial charge in [0.15, 0.2) is 11.6 Å². The molecule has 2 fully saturated rings. The van der Waals surface area contributed by atoms with E-state index in [0.29, 0.717) is 23.9 Å². The number of hydrogen-bond donors (Lipinski definition) is 1. The van der Waals surface area contributed by atoms with Crippen LogP contribution in [0.25, 0.3) is 0 Å². The number of piperazine rings is 1. The van der Waals surface area contributed by atoms with E-state index >= 15 is 0 Å². The average molecular weight is 463 g/mol. The Bertz CT molecular complexity index is 1080. The molecule has 1 aromatic carbocycles. The Morgan fingerprint density at radius 2 is 1.64 bits per heavy atom. The molecule has 33 heavy (non-hydrogen) atoms. The van der Waals surface area contributed by atoms with E-state index in [-0.39, 0.29) is 5.91 Å². The zero-order chi connectivity index (χ0) is 22.7. The molecule has 3 aromatic rings. The van der Waals surface area contributed by atoms with Gasteiger partial charge in [0.1, 0.15) is 5.82 Å². The highest BCUT2D eigenvalue weighted by molar-refractivity contribution is 6.30. The summed E-state index contributed by atoms with van der Waals surface area (Å²) in [7, 11) is 0. The normalized spacial score (nSPS) is 17.7. The molecule has 3 heterocycles. The molecule has 2 aliphatic rings. The Hall–Kier alpha value is -3.19. The highest BCUT2D eigenvalue weighted by Crippen LogP contribution is 2.43. The first kappa shape index (κ1) is 21.6. The predicted molar refractivity (Wildman–Crippen MR) is 130 cm³/mol. The zero-order valence-corrected chi connectivity index (χ0v) is 19.2. The molecule has 0 spiro atoms. The lowest BCUT2D eigenvalue weighted by Crippen LogP contribution is -2.54. The van der Waals surface area contributed by atoms with Crippen molar-refractivity contribution in [2.75, 3.05) is 36.4 Å². The number of carbonyl (C=O) groups is 1. The minimum Gasteiger partial charge on any atom is -0.352 e. The summed E-state index contributed by atoms with van der Waals surface area (Å²) >= 11 is 6.10. The third-order valence-corrected chi connectivity index (χ3v) is 6.98. The average Bonchev–Trinajstić information content (AvgIpc) is 3.36. The second-order valence-electron chi connectivity index (χ2n) is 8.69. The SMILES string of the molecule is O=C(N1CCN(c2ccc(Nc3ccccn3)nn2)CC1)C1(c2ccc(Cl)cc2)CCCC1. The van der Waals surface area contributed by atoms with E-state index < -0.39 is 5.41 Å². The number of carbonyl (C=O) groups excluding carboxylic acids is 1. The molecule has 0 bridgehead atoms.